The van der Waals surface area contributed by atoms with Gasteiger partial charge in [0.05, 0.1) is 32.3 Å². The average Bonchev–Trinajstić information content (AvgIpc) is 3.84. The van der Waals surface area contributed by atoms with Gasteiger partial charge < -0.3 is 9.80 Å². The first-order chi connectivity index (χ1) is 23.3. The van der Waals surface area contributed by atoms with Crippen LogP contribution in [0.15, 0.2) is 35.4 Å². The molecule has 4 rings (SSSR count). The van der Waals surface area contributed by atoms with Gasteiger partial charge in [0, 0.05) is 22.8 Å². The lowest BCUT2D eigenvalue weighted by Crippen LogP contribution is -2.32. The predicted molar refractivity (Wildman–Crippen MR) is 208 cm³/mol. The van der Waals surface area contributed by atoms with Gasteiger partial charge in [-0.25, -0.2) is 0 Å². The Morgan fingerprint density at radius 1 is 0.500 bits per heavy atom. The minimum atomic E-state index is 0.0327. The van der Waals surface area contributed by atoms with Gasteiger partial charge in [-0.3, -0.25) is 9.59 Å². The number of rotatable bonds is 24. The molecular weight excluding hydrogens is 629 g/mol. The Hall–Kier alpha value is -2.18. The summed E-state index contributed by atoms with van der Waals surface area (Å²) in [6, 6.07) is 8.53. The fraction of sp³-hybridized carbons (Fsp3) is 0.667. The summed E-state index contributed by atoms with van der Waals surface area (Å²) in [5.41, 5.74) is 3.05. The van der Waals surface area contributed by atoms with Gasteiger partial charge in [0.2, 0.25) is 0 Å². The molecule has 0 aromatic carbocycles. The minimum Gasteiger partial charge on any atom is -0.306 e. The van der Waals surface area contributed by atoms with Crippen molar-refractivity contribution in [3.05, 3.63) is 54.9 Å². The lowest BCUT2D eigenvalue weighted by Gasteiger charge is -2.27. The normalized spacial score (nSPS) is 16.2. The molecule has 2 aromatic rings. The predicted octanol–water partition coefficient (Wildman–Crippen LogP) is 12.6. The fourth-order valence-corrected chi connectivity index (χ4v) is 9.51. The van der Waals surface area contributed by atoms with Crippen LogP contribution in [-0.2, 0) is 9.59 Å². The van der Waals surface area contributed by atoms with Crippen LogP contribution in [0.25, 0.3) is 11.4 Å². The van der Waals surface area contributed by atoms with Crippen LogP contribution >= 0.6 is 22.7 Å². The van der Waals surface area contributed by atoms with Crippen LogP contribution in [0.4, 0.5) is 0 Å². The number of carbonyl (C=O) groups is 2. The lowest BCUT2D eigenvalue weighted by molar-refractivity contribution is -0.124. The second-order valence-electron chi connectivity index (χ2n) is 14.5. The van der Waals surface area contributed by atoms with Gasteiger partial charge in [-0.05, 0) is 62.8 Å². The Bertz CT molecular complexity index is 1280. The number of hydrogen-bond donors (Lipinski definition) is 0. The fourth-order valence-electron chi connectivity index (χ4n) is 7.65. The number of carbonyl (C=O) groups excluding carboxylic acids is 2. The molecule has 0 N–H and O–H groups in total. The van der Waals surface area contributed by atoms with Gasteiger partial charge in [0.1, 0.15) is 0 Å². The lowest BCUT2D eigenvalue weighted by atomic mass is 9.92. The summed E-state index contributed by atoms with van der Waals surface area (Å²) >= 11 is 3.42. The second-order valence-corrected chi connectivity index (χ2v) is 17.0. The van der Waals surface area contributed by atoms with E-state index in [1.165, 1.54) is 112 Å². The number of unbranched alkanes of at least 4 members (excludes halogenated alkanes) is 8. The molecular formula is C42H64N2O2S2. The molecule has 2 amide bonds. The van der Waals surface area contributed by atoms with E-state index in [0.717, 1.165) is 34.0 Å². The number of amides is 2. The van der Waals surface area contributed by atoms with Gasteiger partial charge in [-0.15, -0.1) is 22.7 Å². The Morgan fingerprint density at radius 3 is 1.21 bits per heavy atom. The molecule has 0 bridgehead atoms. The third-order valence-corrected chi connectivity index (χ3v) is 12.5. The Labute approximate surface area is 301 Å². The van der Waals surface area contributed by atoms with Gasteiger partial charge >= 0.3 is 0 Å². The molecule has 6 heteroatoms. The largest absolute Gasteiger partial charge is 0.306 e. The van der Waals surface area contributed by atoms with Crippen LogP contribution < -0.4 is 0 Å². The third-order valence-electron chi connectivity index (χ3n) is 10.5. The SMILES string of the molecule is CCCCCCC(CCCC)CCN1C(=O)C2=C(c3ccc(C)s3)N(CCC(CCCC)CCCCCC)C(=O)C2=C1c1ccc(C)s1. The molecule has 2 aliphatic heterocycles. The van der Waals surface area contributed by atoms with Gasteiger partial charge in [0.15, 0.2) is 0 Å². The zero-order chi connectivity index (χ0) is 34.5. The summed E-state index contributed by atoms with van der Waals surface area (Å²) in [5.74, 6) is 1.30. The summed E-state index contributed by atoms with van der Waals surface area (Å²) in [5, 5.41) is 0. The third kappa shape index (κ3) is 9.96. The quantitative estimate of drug-likeness (QED) is 0.103. The van der Waals surface area contributed by atoms with Crippen LogP contribution in [0.1, 0.15) is 163 Å². The molecule has 4 heterocycles. The molecule has 0 saturated heterocycles. The number of aryl methyl sites for hydroxylation is 2. The van der Waals surface area contributed by atoms with Crippen molar-refractivity contribution < 1.29 is 9.59 Å². The van der Waals surface area contributed by atoms with Crippen molar-refractivity contribution in [1.82, 2.24) is 9.80 Å². The van der Waals surface area contributed by atoms with Gasteiger partial charge in [0.25, 0.3) is 11.8 Å². The van der Waals surface area contributed by atoms with Crippen molar-refractivity contribution in [2.45, 2.75) is 157 Å². The Kier molecular flexibility index (Phi) is 16.0. The van der Waals surface area contributed by atoms with E-state index in [4.69, 9.17) is 0 Å². The van der Waals surface area contributed by atoms with E-state index in [1.54, 1.807) is 22.7 Å². The van der Waals surface area contributed by atoms with E-state index in [9.17, 15) is 9.59 Å². The summed E-state index contributed by atoms with van der Waals surface area (Å²) in [6.45, 7) is 14.7. The average molecular weight is 693 g/mol. The van der Waals surface area contributed by atoms with Crippen molar-refractivity contribution in [3.63, 3.8) is 0 Å². The van der Waals surface area contributed by atoms with E-state index in [1.807, 2.05) is 9.80 Å². The molecule has 0 aliphatic carbocycles. The van der Waals surface area contributed by atoms with E-state index in [2.05, 4.69) is 65.8 Å². The second kappa shape index (κ2) is 19.9. The topological polar surface area (TPSA) is 40.6 Å². The van der Waals surface area contributed by atoms with Crippen molar-refractivity contribution in [2.75, 3.05) is 13.1 Å². The first kappa shape index (κ1) is 38.6. The molecule has 2 aromatic heterocycles. The zero-order valence-electron chi connectivity index (χ0n) is 31.1. The molecule has 266 valence electrons. The molecule has 0 radical (unpaired) electrons. The van der Waals surface area contributed by atoms with Crippen LogP contribution in [0.2, 0.25) is 0 Å². The van der Waals surface area contributed by atoms with Crippen molar-refractivity contribution >= 4 is 45.9 Å². The van der Waals surface area contributed by atoms with E-state index in [-0.39, 0.29) is 11.8 Å². The Morgan fingerprint density at radius 2 is 0.875 bits per heavy atom. The minimum absolute atomic E-state index is 0.0327. The molecule has 2 atom stereocenters. The van der Waals surface area contributed by atoms with Crippen LogP contribution in [-0.4, -0.2) is 34.7 Å². The van der Waals surface area contributed by atoms with E-state index >= 15 is 0 Å². The molecule has 0 saturated carbocycles. The summed E-state index contributed by atoms with van der Waals surface area (Å²) in [4.78, 5) is 38.0. The van der Waals surface area contributed by atoms with Crippen LogP contribution in [0, 0.1) is 25.7 Å². The highest BCUT2D eigenvalue weighted by Crippen LogP contribution is 2.49. The van der Waals surface area contributed by atoms with Crippen molar-refractivity contribution in [2.24, 2.45) is 11.8 Å². The highest BCUT2D eigenvalue weighted by atomic mass is 32.1. The van der Waals surface area contributed by atoms with Crippen LogP contribution in [0.5, 0.6) is 0 Å². The molecule has 2 unspecified atom stereocenters. The molecule has 4 nitrogen and oxygen atoms in total. The maximum Gasteiger partial charge on any atom is 0.261 e. The maximum absolute atomic E-state index is 14.7. The molecule has 48 heavy (non-hydrogen) atoms. The first-order valence-corrected chi connectivity index (χ1v) is 21.2. The molecule has 2 aliphatic rings. The number of fused-ring (bicyclic) bond motifs is 1. The molecule has 0 fully saturated rings. The first-order valence-electron chi connectivity index (χ1n) is 19.6. The number of hydrogen-bond acceptors (Lipinski definition) is 4. The highest BCUT2D eigenvalue weighted by Gasteiger charge is 2.49. The summed E-state index contributed by atoms with van der Waals surface area (Å²) in [7, 11) is 0. The maximum atomic E-state index is 14.7. The number of thiophene rings is 2. The van der Waals surface area contributed by atoms with E-state index in [0.29, 0.717) is 36.1 Å². The van der Waals surface area contributed by atoms with Crippen molar-refractivity contribution in [3.8, 4) is 0 Å². The van der Waals surface area contributed by atoms with E-state index < -0.39 is 0 Å². The smallest absolute Gasteiger partial charge is 0.261 e. The monoisotopic (exact) mass is 692 g/mol. The Balaban J connectivity index is 1.67. The summed E-state index contributed by atoms with van der Waals surface area (Å²) < 4.78 is 0. The highest BCUT2D eigenvalue weighted by molar-refractivity contribution is 7.13. The molecule has 0 spiro atoms. The zero-order valence-corrected chi connectivity index (χ0v) is 32.8. The van der Waals surface area contributed by atoms with Crippen molar-refractivity contribution in [1.29, 1.82) is 0 Å². The number of nitrogens with zero attached hydrogens (tertiary/aromatic N) is 2. The standard InChI is InChI=1S/C42H64N2O2S2/c1-7-11-15-17-21-33(19-13-9-3)27-29-43-39(35-25-23-31(5)47-35)37-38(41(43)45)40(36-26-24-32(6)48-36)44(42(37)46)30-28-34(20-14-10-4)22-18-16-12-8-2/h23-26,33-34H,7-22,27-30H2,1-6H3. The van der Waals surface area contributed by atoms with Gasteiger partial charge in [-0.1, -0.05) is 130 Å². The summed E-state index contributed by atoms with van der Waals surface area (Å²) in [6.07, 6.45) is 22.0. The van der Waals surface area contributed by atoms with Crippen LogP contribution in [0.3, 0.4) is 0 Å². The van der Waals surface area contributed by atoms with Gasteiger partial charge in [-0.2, -0.15) is 0 Å².